The lowest BCUT2D eigenvalue weighted by Gasteiger charge is -2.02. The smallest absolute Gasteiger partial charge is 0.245 e. The van der Waals surface area contributed by atoms with Crippen molar-refractivity contribution in [3.8, 4) is 0 Å². The number of nitrogens with one attached hydrogen (secondary N) is 1. The number of amides is 1. The fourth-order valence-electron chi connectivity index (χ4n) is 1.65. The minimum absolute atomic E-state index is 0.358. The van der Waals surface area contributed by atoms with E-state index in [0.717, 1.165) is 16.7 Å². The van der Waals surface area contributed by atoms with Crippen molar-refractivity contribution in [2.75, 3.05) is 13.2 Å². The molecule has 0 radical (unpaired) electrons. The summed E-state index contributed by atoms with van der Waals surface area (Å²) in [6.07, 6.45) is 0.702. The highest BCUT2D eigenvalue weighted by Crippen LogP contribution is 2.16. The molecule has 1 amide bonds. The molecule has 0 aliphatic carbocycles. The van der Waals surface area contributed by atoms with Gasteiger partial charge in [-0.25, -0.2) is 4.98 Å². The molecule has 5 nitrogen and oxygen atoms in total. The van der Waals surface area contributed by atoms with Gasteiger partial charge in [-0.05, 0) is 24.1 Å². The van der Waals surface area contributed by atoms with Gasteiger partial charge in [0, 0.05) is 13.5 Å². The molecule has 2 N–H and O–H groups in total. The fourth-order valence-corrected chi connectivity index (χ4v) is 1.65. The van der Waals surface area contributed by atoms with Gasteiger partial charge in [-0.15, -0.1) is 0 Å². The number of nitrogens with zero attached hydrogens (tertiary/aromatic N) is 1. The molecule has 0 atom stereocenters. The topological polar surface area (TPSA) is 75.4 Å². The van der Waals surface area contributed by atoms with E-state index in [2.05, 4.69) is 10.3 Å². The quantitative estimate of drug-likeness (QED) is 0.820. The summed E-state index contributed by atoms with van der Waals surface area (Å²) in [7, 11) is 0. The van der Waals surface area contributed by atoms with Crippen molar-refractivity contribution in [3.63, 3.8) is 0 Å². The van der Waals surface area contributed by atoms with E-state index in [1.807, 2.05) is 18.2 Å². The maximum atomic E-state index is 10.8. The van der Waals surface area contributed by atoms with Gasteiger partial charge >= 0.3 is 0 Å². The SMILES string of the molecule is Cc1nc2cc(CCNC(=O)CO)ccc2o1. The molecule has 17 heavy (non-hydrogen) atoms. The summed E-state index contributed by atoms with van der Waals surface area (Å²) in [6.45, 7) is 1.84. The highest BCUT2D eigenvalue weighted by Gasteiger charge is 2.03. The highest BCUT2D eigenvalue weighted by atomic mass is 16.3. The maximum Gasteiger partial charge on any atom is 0.245 e. The van der Waals surface area contributed by atoms with Gasteiger partial charge in [-0.2, -0.15) is 0 Å². The van der Waals surface area contributed by atoms with E-state index in [0.29, 0.717) is 18.9 Å². The number of hydrogen-bond acceptors (Lipinski definition) is 4. The van der Waals surface area contributed by atoms with E-state index in [9.17, 15) is 4.79 Å². The Labute approximate surface area is 98.5 Å². The third-order valence-electron chi connectivity index (χ3n) is 2.44. The number of carbonyl (C=O) groups excluding carboxylic acids is 1. The van der Waals surface area contributed by atoms with Crippen molar-refractivity contribution in [2.24, 2.45) is 0 Å². The van der Waals surface area contributed by atoms with Gasteiger partial charge in [0.25, 0.3) is 0 Å². The molecule has 1 aromatic carbocycles. The molecule has 5 heteroatoms. The van der Waals surface area contributed by atoms with Crippen LogP contribution in [0.2, 0.25) is 0 Å². The number of aliphatic hydroxyl groups excluding tert-OH is 1. The summed E-state index contributed by atoms with van der Waals surface area (Å²) in [6, 6.07) is 5.76. The lowest BCUT2D eigenvalue weighted by molar-refractivity contribution is -0.123. The standard InChI is InChI=1S/C12H14N2O3/c1-8-14-10-6-9(2-3-11(10)17-8)4-5-13-12(16)7-15/h2-3,6,15H,4-5,7H2,1H3,(H,13,16). The van der Waals surface area contributed by atoms with Crippen molar-refractivity contribution in [1.82, 2.24) is 10.3 Å². The zero-order chi connectivity index (χ0) is 12.3. The third kappa shape index (κ3) is 2.82. The van der Waals surface area contributed by atoms with Crippen LogP contribution in [-0.2, 0) is 11.2 Å². The molecule has 0 unspecified atom stereocenters. The monoisotopic (exact) mass is 234 g/mol. The van der Waals surface area contributed by atoms with E-state index in [-0.39, 0.29) is 5.91 Å². The summed E-state index contributed by atoms with van der Waals surface area (Å²) in [5.41, 5.74) is 2.67. The summed E-state index contributed by atoms with van der Waals surface area (Å²) in [5, 5.41) is 11.1. The van der Waals surface area contributed by atoms with Crippen LogP contribution >= 0.6 is 0 Å². The van der Waals surface area contributed by atoms with Crippen molar-refractivity contribution in [2.45, 2.75) is 13.3 Å². The molecule has 1 aromatic heterocycles. The van der Waals surface area contributed by atoms with Gasteiger partial charge in [0.05, 0.1) is 0 Å². The molecular weight excluding hydrogens is 220 g/mol. The van der Waals surface area contributed by atoms with E-state index >= 15 is 0 Å². The van der Waals surface area contributed by atoms with E-state index < -0.39 is 6.61 Å². The Morgan fingerprint density at radius 1 is 1.53 bits per heavy atom. The zero-order valence-corrected chi connectivity index (χ0v) is 9.56. The van der Waals surface area contributed by atoms with Crippen LogP contribution in [0.4, 0.5) is 0 Å². The molecule has 0 aliphatic heterocycles. The van der Waals surface area contributed by atoms with Crippen LogP contribution in [0.1, 0.15) is 11.5 Å². The summed E-state index contributed by atoms with van der Waals surface area (Å²) in [4.78, 5) is 15.1. The number of carbonyl (C=O) groups is 1. The largest absolute Gasteiger partial charge is 0.441 e. The predicted octanol–water partition coefficient (Wildman–Crippen LogP) is 0.787. The number of rotatable bonds is 4. The number of aryl methyl sites for hydroxylation is 1. The number of fused-ring (bicyclic) bond motifs is 1. The lowest BCUT2D eigenvalue weighted by Crippen LogP contribution is -2.28. The fraction of sp³-hybridized carbons (Fsp3) is 0.333. The maximum absolute atomic E-state index is 10.8. The highest BCUT2D eigenvalue weighted by molar-refractivity contribution is 5.77. The predicted molar refractivity (Wildman–Crippen MR) is 62.5 cm³/mol. The molecule has 0 saturated heterocycles. The average molecular weight is 234 g/mol. The molecule has 2 aromatic rings. The van der Waals surface area contributed by atoms with E-state index in [1.54, 1.807) is 6.92 Å². The first-order chi connectivity index (χ1) is 8.19. The van der Waals surface area contributed by atoms with Crippen LogP contribution in [0.5, 0.6) is 0 Å². The molecule has 2 rings (SSSR count). The van der Waals surface area contributed by atoms with Crippen molar-refractivity contribution in [1.29, 1.82) is 0 Å². The van der Waals surface area contributed by atoms with Crippen molar-refractivity contribution in [3.05, 3.63) is 29.7 Å². The van der Waals surface area contributed by atoms with E-state index in [4.69, 9.17) is 9.52 Å². The van der Waals surface area contributed by atoms with Crippen LogP contribution < -0.4 is 5.32 Å². The summed E-state index contributed by atoms with van der Waals surface area (Å²) in [5.74, 6) is 0.286. The Hall–Kier alpha value is -1.88. The van der Waals surface area contributed by atoms with E-state index in [1.165, 1.54) is 0 Å². The van der Waals surface area contributed by atoms with Crippen LogP contribution in [-0.4, -0.2) is 29.1 Å². The Balaban J connectivity index is 2.01. The summed E-state index contributed by atoms with van der Waals surface area (Å²) >= 11 is 0. The number of aliphatic hydroxyl groups is 1. The van der Waals surface area contributed by atoms with Gasteiger partial charge in [-0.1, -0.05) is 6.07 Å². The number of aromatic nitrogens is 1. The number of oxazole rings is 1. The molecule has 0 fully saturated rings. The molecule has 90 valence electrons. The van der Waals surface area contributed by atoms with Gasteiger partial charge in [-0.3, -0.25) is 4.79 Å². The lowest BCUT2D eigenvalue weighted by atomic mass is 10.1. The Kier molecular flexibility index (Phi) is 3.39. The minimum atomic E-state index is -0.471. The third-order valence-corrected chi connectivity index (χ3v) is 2.44. The molecule has 1 heterocycles. The average Bonchev–Trinajstić information content (AvgIpc) is 2.68. The molecular formula is C12H14N2O3. The van der Waals surface area contributed by atoms with Crippen LogP contribution in [0.15, 0.2) is 22.6 Å². The zero-order valence-electron chi connectivity index (χ0n) is 9.56. The second-order valence-corrected chi connectivity index (χ2v) is 3.79. The van der Waals surface area contributed by atoms with Crippen LogP contribution in [0, 0.1) is 6.92 Å². The summed E-state index contributed by atoms with van der Waals surface area (Å²) < 4.78 is 5.37. The number of benzene rings is 1. The van der Waals surface area contributed by atoms with Gasteiger partial charge in [0.1, 0.15) is 12.1 Å². The molecule has 0 aliphatic rings. The Morgan fingerprint density at radius 2 is 2.35 bits per heavy atom. The number of hydrogen-bond donors (Lipinski definition) is 2. The Bertz CT molecular complexity index is 534. The first-order valence-electron chi connectivity index (χ1n) is 5.42. The Morgan fingerprint density at radius 3 is 3.12 bits per heavy atom. The van der Waals surface area contributed by atoms with Gasteiger partial charge < -0.3 is 14.8 Å². The molecule has 0 bridgehead atoms. The normalized spacial score (nSPS) is 10.7. The first kappa shape index (κ1) is 11.6. The van der Waals surface area contributed by atoms with Crippen molar-refractivity contribution >= 4 is 17.0 Å². The van der Waals surface area contributed by atoms with Gasteiger partial charge in [0.2, 0.25) is 5.91 Å². The van der Waals surface area contributed by atoms with Crippen LogP contribution in [0.3, 0.4) is 0 Å². The second-order valence-electron chi connectivity index (χ2n) is 3.79. The second kappa shape index (κ2) is 4.97. The first-order valence-corrected chi connectivity index (χ1v) is 5.42. The molecule has 0 spiro atoms. The minimum Gasteiger partial charge on any atom is -0.441 e. The van der Waals surface area contributed by atoms with Crippen LogP contribution in [0.25, 0.3) is 11.1 Å². The van der Waals surface area contributed by atoms with Crippen molar-refractivity contribution < 1.29 is 14.3 Å². The molecule has 0 saturated carbocycles. The van der Waals surface area contributed by atoms with Gasteiger partial charge in [0.15, 0.2) is 11.5 Å².